The van der Waals surface area contributed by atoms with Gasteiger partial charge < -0.3 is 0 Å². The van der Waals surface area contributed by atoms with Gasteiger partial charge in [0.1, 0.15) is 0 Å². The Morgan fingerprint density at radius 2 is 1.33 bits per heavy atom. The zero-order valence-electron chi connectivity index (χ0n) is 6.87. The molecule has 0 spiro atoms. The average molecular weight is 174 g/mol. The Balaban J connectivity index is 3.18. The van der Waals surface area contributed by atoms with E-state index in [9.17, 15) is 13.2 Å². The van der Waals surface area contributed by atoms with E-state index < -0.39 is 11.7 Å². The first-order chi connectivity index (χ1) is 5.39. The highest BCUT2D eigenvalue weighted by Gasteiger charge is 2.30. The van der Waals surface area contributed by atoms with Crippen LogP contribution < -0.4 is 0 Å². The lowest BCUT2D eigenvalue weighted by atomic mass is 10.1. The predicted molar refractivity (Wildman–Crippen MR) is 40.9 cm³/mol. The van der Waals surface area contributed by atoms with Crippen molar-refractivity contribution < 1.29 is 13.2 Å². The van der Waals surface area contributed by atoms with E-state index in [1.807, 2.05) is 0 Å². The highest BCUT2D eigenvalue weighted by molar-refractivity contribution is 5.30. The van der Waals surface area contributed by atoms with Crippen molar-refractivity contribution in [3.05, 3.63) is 34.9 Å². The molecule has 0 atom stereocenters. The highest BCUT2D eigenvalue weighted by Crippen LogP contribution is 2.30. The molecule has 1 rings (SSSR count). The third-order valence-electron chi connectivity index (χ3n) is 1.55. The zero-order valence-corrected chi connectivity index (χ0v) is 6.87. The number of halogens is 3. The standard InChI is InChI=1S/C9H9F3/c1-6-3-7(2)5-8(4-6)9(10,11)12/h3-5H,1-2H3. The first-order valence-corrected chi connectivity index (χ1v) is 3.55. The Morgan fingerprint density at radius 3 is 1.67 bits per heavy atom. The molecule has 0 heterocycles. The van der Waals surface area contributed by atoms with E-state index >= 15 is 0 Å². The number of benzene rings is 1. The average Bonchev–Trinajstić information content (AvgIpc) is 1.82. The van der Waals surface area contributed by atoms with E-state index in [-0.39, 0.29) is 0 Å². The molecule has 0 radical (unpaired) electrons. The summed E-state index contributed by atoms with van der Waals surface area (Å²) in [4.78, 5) is 0. The molecule has 0 amide bonds. The molecule has 0 bridgehead atoms. The maximum absolute atomic E-state index is 12.1. The van der Waals surface area contributed by atoms with E-state index in [1.54, 1.807) is 19.9 Å². The van der Waals surface area contributed by atoms with Crippen molar-refractivity contribution in [1.82, 2.24) is 0 Å². The first kappa shape index (κ1) is 9.10. The zero-order chi connectivity index (χ0) is 9.35. The summed E-state index contributed by atoms with van der Waals surface area (Å²) in [5.41, 5.74) is 0.713. The van der Waals surface area contributed by atoms with Gasteiger partial charge in [-0.3, -0.25) is 0 Å². The molecule has 0 N–H and O–H groups in total. The van der Waals surface area contributed by atoms with Crippen molar-refractivity contribution in [3.63, 3.8) is 0 Å². The van der Waals surface area contributed by atoms with Gasteiger partial charge in [0.25, 0.3) is 0 Å². The third-order valence-corrected chi connectivity index (χ3v) is 1.55. The molecule has 0 saturated heterocycles. The van der Waals surface area contributed by atoms with Crippen molar-refractivity contribution in [2.24, 2.45) is 0 Å². The second kappa shape index (κ2) is 2.81. The number of hydrogen-bond donors (Lipinski definition) is 0. The monoisotopic (exact) mass is 174 g/mol. The fraction of sp³-hybridized carbons (Fsp3) is 0.333. The molecule has 12 heavy (non-hydrogen) atoms. The van der Waals surface area contributed by atoms with E-state index in [4.69, 9.17) is 0 Å². The van der Waals surface area contributed by atoms with Gasteiger partial charge in [-0.15, -0.1) is 0 Å². The number of alkyl halides is 3. The molecule has 0 unspecified atom stereocenters. The number of aryl methyl sites for hydroxylation is 2. The molecule has 66 valence electrons. The van der Waals surface area contributed by atoms with E-state index in [0.29, 0.717) is 11.1 Å². The Kier molecular flexibility index (Phi) is 2.13. The van der Waals surface area contributed by atoms with Crippen LogP contribution in [0, 0.1) is 13.8 Å². The quantitative estimate of drug-likeness (QED) is 0.566. The molecule has 0 fully saturated rings. The summed E-state index contributed by atoms with van der Waals surface area (Å²) in [5, 5.41) is 0. The van der Waals surface area contributed by atoms with Gasteiger partial charge in [0.2, 0.25) is 0 Å². The molecule has 0 aliphatic rings. The van der Waals surface area contributed by atoms with Crippen LogP contribution in [0.2, 0.25) is 0 Å². The normalized spacial score (nSPS) is 11.8. The van der Waals surface area contributed by atoms with E-state index in [2.05, 4.69) is 0 Å². The Labute approximate surface area is 69.0 Å². The molecule has 1 aromatic carbocycles. The van der Waals surface area contributed by atoms with Crippen LogP contribution in [0.1, 0.15) is 16.7 Å². The van der Waals surface area contributed by atoms with Crippen molar-refractivity contribution in [2.45, 2.75) is 20.0 Å². The number of hydrogen-bond acceptors (Lipinski definition) is 0. The van der Waals surface area contributed by atoms with Gasteiger partial charge in [0.05, 0.1) is 5.56 Å². The topological polar surface area (TPSA) is 0 Å². The minimum Gasteiger partial charge on any atom is -0.166 e. The molecule has 0 saturated carbocycles. The smallest absolute Gasteiger partial charge is 0.166 e. The van der Waals surface area contributed by atoms with Crippen molar-refractivity contribution in [2.75, 3.05) is 0 Å². The van der Waals surface area contributed by atoms with Crippen molar-refractivity contribution >= 4 is 0 Å². The molecule has 0 aliphatic heterocycles. The minimum atomic E-state index is -4.23. The third kappa shape index (κ3) is 2.00. The summed E-state index contributed by atoms with van der Waals surface area (Å²) in [6.45, 7) is 3.31. The molecule has 0 aliphatic carbocycles. The Hall–Kier alpha value is -0.990. The lowest BCUT2D eigenvalue weighted by Crippen LogP contribution is -2.05. The summed E-state index contributed by atoms with van der Waals surface area (Å²) >= 11 is 0. The first-order valence-electron chi connectivity index (χ1n) is 3.55. The molecule has 1 aromatic rings. The minimum absolute atomic E-state index is 0.569. The fourth-order valence-corrected chi connectivity index (χ4v) is 1.14. The maximum Gasteiger partial charge on any atom is 0.416 e. The molecular formula is C9H9F3. The van der Waals surface area contributed by atoms with Gasteiger partial charge in [-0.1, -0.05) is 17.2 Å². The summed E-state index contributed by atoms with van der Waals surface area (Å²) < 4.78 is 36.4. The van der Waals surface area contributed by atoms with Crippen molar-refractivity contribution in [1.29, 1.82) is 0 Å². The van der Waals surface area contributed by atoms with Crippen LogP contribution in [0.25, 0.3) is 0 Å². The molecular weight excluding hydrogens is 165 g/mol. The van der Waals surface area contributed by atoms with Crippen LogP contribution in [0.5, 0.6) is 0 Å². The maximum atomic E-state index is 12.1. The Morgan fingerprint density at radius 1 is 0.917 bits per heavy atom. The summed E-state index contributed by atoms with van der Waals surface area (Å²) in [6, 6.07) is 4.01. The fourth-order valence-electron chi connectivity index (χ4n) is 1.14. The highest BCUT2D eigenvalue weighted by atomic mass is 19.4. The number of rotatable bonds is 0. The van der Waals surface area contributed by atoms with Gasteiger partial charge in [-0.25, -0.2) is 0 Å². The SMILES string of the molecule is Cc1cc(C)cc(C(F)(F)F)c1. The van der Waals surface area contributed by atoms with Crippen LogP contribution in [0.15, 0.2) is 18.2 Å². The lowest BCUT2D eigenvalue weighted by Gasteiger charge is -2.08. The van der Waals surface area contributed by atoms with Gasteiger partial charge in [0.15, 0.2) is 0 Å². The summed E-state index contributed by atoms with van der Waals surface area (Å²) in [6.07, 6.45) is -4.23. The van der Waals surface area contributed by atoms with Crippen LogP contribution in [0.3, 0.4) is 0 Å². The van der Waals surface area contributed by atoms with Gasteiger partial charge in [0, 0.05) is 0 Å². The van der Waals surface area contributed by atoms with Gasteiger partial charge >= 0.3 is 6.18 Å². The van der Waals surface area contributed by atoms with Crippen LogP contribution >= 0.6 is 0 Å². The largest absolute Gasteiger partial charge is 0.416 e. The van der Waals surface area contributed by atoms with Gasteiger partial charge in [-0.05, 0) is 26.0 Å². The van der Waals surface area contributed by atoms with Crippen molar-refractivity contribution in [3.8, 4) is 0 Å². The van der Waals surface area contributed by atoms with E-state index in [1.165, 1.54) is 0 Å². The second-order valence-electron chi connectivity index (χ2n) is 2.87. The van der Waals surface area contributed by atoms with Gasteiger partial charge in [-0.2, -0.15) is 13.2 Å². The Bertz CT molecular complexity index is 266. The molecule has 3 heteroatoms. The van der Waals surface area contributed by atoms with E-state index in [0.717, 1.165) is 12.1 Å². The van der Waals surface area contributed by atoms with Crippen LogP contribution in [0.4, 0.5) is 13.2 Å². The molecule has 0 nitrogen and oxygen atoms in total. The van der Waals surface area contributed by atoms with Crippen LogP contribution in [-0.4, -0.2) is 0 Å². The van der Waals surface area contributed by atoms with Crippen LogP contribution in [-0.2, 0) is 6.18 Å². The second-order valence-corrected chi connectivity index (χ2v) is 2.87. The summed E-state index contributed by atoms with van der Waals surface area (Å²) in [5.74, 6) is 0. The predicted octanol–water partition coefficient (Wildman–Crippen LogP) is 3.32. The molecule has 0 aromatic heterocycles. The lowest BCUT2D eigenvalue weighted by molar-refractivity contribution is -0.137. The summed E-state index contributed by atoms with van der Waals surface area (Å²) in [7, 11) is 0.